The number of amides is 1. The van der Waals surface area contributed by atoms with Crippen LogP contribution in [-0.4, -0.2) is 5.91 Å². The van der Waals surface area contributed by atoms with Crippen LogP contribution in [0, 0.1) is 5.82 Å². The Morgan fingerprint density at radius 2 is 1.81 bits per heavy atom. The van der Waals surface area contributed by atoms with Gasteiger partial charge in [0.1, 0.15) is 18.2 Å². The van der Waals surface area contributed by atoms with E-state index in [1.54, 1.807) is 36.4 Å². The summed E-state index contributed by atoms with van der Waals surface area (Å²) in [7, 11) is 0. The number of halogens is 3. The van der Waals surface area contributed by atoms with Gasteiger partial charge in [0.05, 0.1) is 5.69 Å². The minimum absolute atomic E-state index is 0.122. The molecule has 6 heteroatoms. The van der Waals surface area contributed by atoms with E-state index in [0.717, 1.165) is 5.56 Å². The first-order valence-electron chi connectivity index (χ1n) is 7.75. The minimum Gasteiger partial charge on any atom is -0.489 e. The first kappa shape index (κ1) is 18.4. The van der Waals surface area contributed by atoms with E-state index in [1.165, 1.54) is 12.1 Å². The molecule has 0 bridgehead atoms. The molecule has 0 fully saturated rings. The number of hydrogen-bond acceptors (Lipinski definition) is 2. The fourth-order valence-electron chi connectivity index (χ4n) is 2.26. The van der Waals surface area contributed by atoms with Gasteiger partial charge in [0.2, 0.25) is 0 Å². The van der Waals surface area contributed by atoms with Crippen molar-refractivity contribution in [1.82, 2.24) is 0 Å². The van der Waals surface area contributed by atoms with Crippen molar-refractivity contribution in [3.8, 4) is 5.75 Å². The van der Waals surface area contributed by atoms with Crippen molar-refractivity contribution in [1.29, 1.82) is 0 Å². The molecule has 0 aliphatic rings. The number of hydrogen-bond donors (Lipinski definition) is 1. The standard InChI is InChI=1S/C20H14BrClFNO2/c21-15-7-10-19(18(23)11-15)24-20(25)13-5-8-16(9-6-13)26-12-14-3-1-2-4-17(14)22/h1-11H,12H2,(H,24,25). The van der Waals surface area contributed by atoms with Crippen molar-refractivity contribution in [2.24, 2.45) is 0 Å². The summed E-state index contributed by atoms with van der Waals surface area (Å²) < 4.78 is 20.1. The Balaban J connectivity index is 1.63. The molecule has 0 spiro atoms. The Morgan fingerprint density at radius 1 is 1.08 bits per heavy atom. The molecular weight excluding hydrogens is 421 g/mol. The molecule has 0 aliphatic heterocycles. The van der Waals surface area contributed by atoms with E-state index in [0.29, 0.717) is 27.4 Å². The van der Waals surface area contributed by atoms with Gasteiger partial charge in [-0.05, 0) is 48.5 Å². The molecule has 0 aliphatic carbocycles. The molecule has 1 amide bonds. The molecule has 3 aromatic carbocycles. The topological polar surface area (TPSA) is 38.3 Å². The van der Waals surface area contributed by atoms with Crippen LogP contribution in [0.5, 0.6) is 5.75 Å². The minimum atomic E-state index is -0.507. The molecule has 3 nitrogen and oxygen atoms in total. The molecule has 132 valence electrons. The fraction of sp³-hybridized carbons (Fsp3) is 0.0500. The second kappa shape index (κ2) is 8.34. The van der Waals surface area contributed by atoms with Gasteiger partial charge >= 0.3 is 0 Å². The highest BCUT2D eigenvalue weighted by Crippen LogP contribution is 2.21. The Bertz CT molecular complexity index is 931. The smallest absolute Gasteiger partial charge is 0.255 e. The van der Waals surface area contributed by atoms with E-state index >= 15 is 0 Å². The van der Waals surface area contributed by atoms with Crippen molar-refractivity contribution < 1.29 is 13.9 Å². The largest absolute Gasteiger partial charge is 0.489 e. The zero-order valence-corrected chi connectivity index (χ0v) is 15.9. The lowest BCUT2D eigenvalue weighted by Crippen LogP contribution is -2.12. The van der Waals surface area contributed by atoms with Gasteiger partial charge in [-0.15, -0.1) is 0 Å². The molecule has 3 rings (SSSR count). The number of carbonyl (C=O) groups excluding carboxylic acids is 1. The molecule has 0 heterocycles. The molecular formula is C20H14BrClFNO2. The molecule has 0 aromatic heterocycles. The van der Waals surface area contributed by atoms with E-state index in [-0.39, 0.29) is 5.69 Å². The van der Waals surface area contributed by atoms with Gasteiger partial charge in [-0.1, -0.05) is 45.7 Å². The third-order valence-corrected chi connectivity index (χ3v) is 4.51. The van der Waals surface area contributed by atoms with Crippen LogP contribution in [0.1, 0.15) is 15.9 Å². The van der Waals surface area contributed by atoms with Crippen LogP contribution in [0.2, 0.25) is 5.02 Å². The number of rotatable bonds is 5. The second-order valence-electron chi connectivity index (χ2n) is 5.48. The van der Waals surface area contributed by atoms with Gasteiger partial charge in [0.15, 0.2) is 0 Å². The van der Waals surface area contributed by atoms with Crippen LogP contribution in [0.25, 0.3) is 0 Å². The van der Waals surface area contributed by atoms with E-state index in [4.69, 9.17) is 16.3 Å². The molecule has 0 saturated heterocycles. The lowest BCUT2D eigenvalue weighted by molar-refractivity contribution is 0.102. The van der Waals surface area contributed by atoms with Gasteiger partial charge in [0, 0.05) is 20.6 Å². The number of ether oxygens (including phenoxy) is 1. The summed E-state index contributed by atoms with van der Waals surface area (Å²) in [4.78, 5) is 12.2. The number of nitrogens with one attached hydrogen (secondary N) is 1. The molecule has 26 heavy (non-hydrogen) atoms. The van der Waals surface area contributed by atoms with Gasteiger partial charge < -0.3 is 10.1 Å². The lowest BCUT2D eigenvalue weighted by atomic mass is 10.2. The average molecular weight is 435 g/mol. The molecule has 0 radical (unpaired) electrons. The van der Waals surface area contributed by atoms with Crippen molar-refractivity contribution in [2.75, 3.05) is 5.32 Å². The van der Waals surface area contributed by atoms with Crippen molar-refractivity contribution in [3.63, 3.8) is 0 Å². The predicted molar refractivity (Wildman–Crippen MR) is 104 cm³/mol. The van der Waals surface area contributed by atoms with Crippen molar-refractivity contribution >= 4 is 39.1 Å². The highest BCUT2D eigenvalue weighted by Gasteiger charge is 2.10. The normalized spacial score (nSPS) is 10.4. The molecule has 1 N–H and O–H groups in total. The number of carbonyl (C=O) groups is 1. The summed E-state index contributed by atoms with van der Waals surface area (Å²) in [6.45, 7) is 0.329. The van der Waals surface area contributed by atoms with Crippen LogP contribution in [0.3, 0.4) is 0 Å². The Kier molecular flexibility index (Phi) is 5.91. The Labute approximate surface area is 163 Å². The number of benzene rings is 3. The third kappa shape index (κ3) is 4.62. The van der Waals surface area contributed by atoms with Gasteiger partial charge in [-0.3, -0.25) is 4.79 Å². The Morgan fingerprint density at radius 3 is 2.50 bits per heavy atom. The summed E-state index contributed by atoms with van der Waals surface area (Å²) in [5, 5.41) is 3.18. The summed E-state index contributed by atoms with van der Waals surface area (Å²) in [5.74, 6) is -0.299. The Hall–Kier alpha value is -2.37. The highest BCUT2D eigenvalue weighted by atomic mass is 79.9. The summed E-state index contributed by atoms with van der Waals surface area (Å²) in [5.41, 5.74) is 1.40. The van der Waals surface area contributed by atoms with E-state index < -0.39 is 11.7 Å². The van der Waals surface area contributed by atoms with Gasteiger partial charge in [-0.2, -0.15) is 0 Å². The van der Waals surface area contributed by atoms with Crippen molar-refractivity contribution in [2.45, 2.75) is 6.61 Å². The first-order valence-corrected chi connectivity index (χ1v) is 8.93. The second-order valence-corrected chi connectivity index (χ2v) is 6.81. The quantitative estimate of drug-likeness (QED) is 0.529. The molecule has 0 atom stereocenters. The van der Waals surface area contributed by atoms with Crippen LogP contribution in [0.15, 0.2) is 71.2 Å². The van der Waals surface area contributed by atoms with Gasteiger partial charge in [0.25, 0.3) is 5.91 Å². The molecule has 3 aromatic rings. The zero-order valence-electron chi connectivity index (χ0n) is 13.5. The lowest BCUT2D eigenvalue weighted by Gasteiger charge is -2.09. The van der Waals surface area contributed by atoms with Crippen LogP contribution in [-0.2, 0) is 6.61 Å². The maximum Gasteiger partial charge on any atom is 0.255 e. The van der Waals surface area contributed by atoms with E-state index in [2.05, 4.69) is 21.2 Å². The average Bonchev–Trinajstić information content (AvgIpc) is 2.64. The summed E-state index contributed by atoms with van der Waals surface area (Å²) >= 11 is 9.27. The van der Waals surface area contributed by atoms with Crippen LogP contribution >= 0.6 is 27.5 Å². The van der Waals surface area contributed by atoms with E-state index in [9.17, 15) is 9.18 Å². The van der Waals surface area contributed by atoms with Crippen LogP contribution < -0.4 is 10.1 Å². The SMILES string of the molecule is O=C(Nc1ccc(Br)cc1F)c1ccc(OCc2ccccc2Cl)cc1. The molecule has 0 unspecified atom stereocenters. The highest BCUT2D eigenvalue weighted by molar-refractivity contribution is 9.10. The fourth-order valence-corrected chi connectivity index (χ4v) is 2.79. The van der Waals surface area contributed by atoms with Crippen molar-refractivity contribution in [3.05, 3.63) is 93.2 Å². The first-order chi connectivity index (χ1) is 12.5. The molecule has 0 saturated carbocycles. The predicted octanol–water partition coefficient (Wildman–Crippen LogP) is 6.07. The van der Waals surface area contributed by atoms with Crippen LogP contribution in [0.4, 0.5) is 10.1 Å². The summed E-state index contributed by atoms with van der Waals surface area (Å²) in [6.07, 6.45) is 0. The number of anilines is 1. The third-order valence-electron chi connectivity index (χ3n) is 3.65. The van der Waals surface area contributed by atoms with E-state index in [1.807, 2.05) is 18.2 Å². The maximum absolute atomic E-state index is 13.8. The van der Waals surface area contributed by atoms with Gasteiger partial charge in [-0.25, -0.2) is 4.39 Å². The monoisotopic (exact) mass is 433 g/mol. The maximum atomic E-state index is 13.8. The zero-order chi connectivity index (χ0) is 18.5. The summed E-state index contributed by atoms with van der Waals surface area (Å²) in [6, 6.07) is 18.5.